The summed E-state index contributed by atoms with van der Waals surface area (Å²) in [6.07, 6.45) is 3.39. The van der Waals surface area contributed by atoms with Crippen LogP contribution in [0.4, 0.5) is 5.13 Å². The second-order valence-electron chi connectivity index (χ2n) is 5.25. The largest absolute Gasteiger partial charge is 0.363 e. The highest BCUT2D eigenvalue weighted by molar-refractivity contribution is 7.17. The van der Waals surface area contributed by atoms with Gasteiger partial charge in [-0.15, -0.1) is 10.2 Å². The molecule has 2 N–H and O–H groups in total. The third-order valence-electron chi connectivity index (χ3n) is 3.35. The van der Waals surface area contributed by atoms with Crippen molar-refractivity contribution in [3.05, 3.63) is 5.01 Å². The lowest BCUT2D eigenvalue weighted by atomic mass is 9.80. The number of carbonyl (C=O) groups excluding carboxylic acids is 1. The van der Waals surface area contributed by atoms with E-state index in [1.54, 1.807) is 7.05 Å². The van der Waals surface area contributed by atoms with Gasteiger partial charge in [-0.3, -0.25) is 4.79 Å². The van der Waals surface area contributed by atoms with Crippen LogP contribution in [0.15, 0.2) is 0 Å². The minimum Gasteiger partial charge on any atom is -0.363 e. The lowest BCUT2D eigenvalue weighted by molar-refractivity contribution is 0.0910. The number of nitrogens with zero attached hydrogens (tertiary/aromatic N) is 2. The zero-order chi connectivity index (χ0) is 13.1. The molecule has 1 fully saturated rings. The van der Waals surface area contributed by atoms with Crippen LogP contribution < -0.4 is 10.6 Å². The molecule has 1 heterocycles. The molecule has 2 unspecified atom stereocenters. The maximum absolute atomic E-state index is 12.0. The monoisotopic (exact) mass is 268 g/mol. The molecule has 6 heteroatoms. The second kappa shape index (κ2) is 5.65. The van der Waals surface area contributed by atoms with Crippen molar-refractivity contribution in [2.45, 2.75) is 39.2 Å². The molecular weight excluding hydrogens is 248 g/mol. The molecule has 1 aliphatic carbocycles. The van der Waals surface area contributed by atoms with Gasteiger partial charge in [-0.1, -0.05) is 25.2 Å². The van der Waals surface area contributed by atoms with Gasteiger partial charge in [0, 0.05) is 13.1 Å². The van der Waals surface area contributed by atoms with Crippen molar-refractivity contribution in [2.75, 3.05) is 12.4 Å². The van der Waals surface area contributed by atoms with Crippen molar-refractivity contribution in [3.63, 3.8) is 0 Å². The first-order chi connectivity index (χ1) is 8.58. The number of nitrogens with one attached hydrogen (secondary N) is 2. The van der Waals surface area contributed by atoms with E-state index in [4.69, 9.17) is 0 Å². The zero-order valence-corrected chi connectivity index (χ0v) is 11.9. The molecule has 1 aromatic rings. The van der Waals surface area contributed by atoms with Crippen molar-refractivity contribution >= 4 is 22.4 Å². The van der Waals surface area contributed by atoms with E-state index in [0.29, 0.717) is 22.0 Å². The van der Waals surface area contributed by atoms with Gasteiger partial charge in [-0.05, 0) is 31.1 Å². The first-order valence-corrected chi connectivity index (χ1v) is 7.22. The number of rotatable bonds is 3. The first kappa shape index (κ1) is 13.3. The lowest BCUT2D eigenvalue weighted by Crippen LogP contribution is -2.40. The van der Waals surface area contributed by atoms with Gasteiger partial charge in [0.05, 0.1) is 0 Å². The molecule has 0 saturated heterocycles. The van der Waals surface area contributed by atoms with E-state index in [-0.39, 0.29) is 11.9 Å². The third-order valence-corrected chi connectivity index (χ3v) is 4.29. The topological polar surface area (TPSA) is 66.9 Å². The van der Waals surface area contributed by atoms with Crippen molar-refractivity contribution < 1.29 is 4.79 Å². The normalized spacial score (nSPS) is 27.8. The summed E-state index contributed by atoms with van der Waals surface area (Å²) in [6, 6.07) is 0.276. The van der Waals surface area contributed by atoms with Crippen LogP contribution in [0.3, 0.4) is 0 Å². The summed E-state index contributed by atoms with van der Waals surface area (Å²) < 4.78 is 0. The first-order valence-electron chi connectivity index (χ1n) is 6.40. The van der Waals surface area contributed by atoms with Crippen molar-refractivity contribution in [1.29, 1.82) is 0 Å². The quantitative estimate of drug-likeness (QED) is 0.881. The molecule has 1 amide bonds. The molecule has 0 spiro atoms. The Balaban J connectivity index is 1.94. The second-order valence-corrected chi connectivity index (χ2v) is 6.23. The van der Waals surface area contributed by atoms with Crippen LogP contribution in [0.2, 0.25) is 0 Å². The van der Waals surface area contributed by atoms with Gasteiger partial charge in [-0.2, -0.15) is 0 Å². The van der Waals surface area contributed by atoms with Crippen LogP contribution >= 0.6 is 11.3 Å². The Labute approximate surface area is 111 Å². The molecule has 1 aromatic heterocycles. The maximum atomic E-state index is 12.0. The molecule has 1 aliphatic rings. The molecule has 0 aromatic carbocycles. The van der Waals surface area contributed by atoms with Crippen LogP contribution in [0.25, 0.3) is 0 Å². The standard InChI is InChI=1S/C12H20N4OS/c1-7-4-8(2)6-9(5-7)14-10(17)11-15-16-12(13-3)18-11/h7-9H,4-6H2,1-3H3,(H,13,16)(H,14,17). The Morgan fingerprint density at radius 2 is 1.89 bits per heavy atom. The van der Waals surface area contributed by atoms with Gasteiger partial charge < -0.3 is 10.6 Å². The Kier molecular flexibility index (Phi) is 4.16. The Morgan fingerprint density at radius 3 is 2.44 bits per heavy atom. The van der Waals surface area contributed by atoms with E-state index < -0.39 is 0 Å². The molecule has 0 aliphatic heterocycles. The minimum atomic E-state index is -0.0969. The van der Waals surface area contributed by atoms with Crippen LogP contribution in [0.1, 0.15) is 42.9 Å². The van der Waals surface area contributed by atoms with Gasteiger partial charge >= 0.3 is 0 Å². The number of hydrogen-bond donors (Lipinski definition) is 2. The molecule has 2 atom stereocenters. The molecule has 100 valence electrons. The summed E-state index contributed by atoms with van der Waals surface area (Å²) in [6.45, 7) is 4.50. The van der Waals surface area contributed by atoms with Crippen molar-refractivity contribution in [1.82, 2.24) is 15.5 Å². The van der Waals surface area contributed by atoms with Crippen LogP contribution in [0, 0.1) is 11.8 Å². The van der Waals surface area contributed by atoms with E-state index >= 15 is 0 Å². The summed E-state index contributed by atoms with van der Waals surface area (Å²) in [5.74, 6) is 1.27. The molecule has 18 heavy (non-hydrogen) atoms. The van der Waals surface area contributed by atoms with Gasteiger partial charge in [0.2, 0.25) is 10.1 Å². The number of carbonyl (C=O) groups is 1. The summed E-state index contributed by atoms with van der Waals surface area (Å²) >= 11 is 1.29. The highest BCUT2D eigenvalue weighted by atomic mass is 32.1. The van der Waals surface area contributed by atoms with Crippen molar-refractivity contribution in [3.8, 4) is 0 Å². The average molecular weight is 268 g/mol. The maximum Gasteiger partial charge on any atom is 0.282 e. The van der Waals surface area contributed by atoms with Gasteiger partial charge in [0.25, 0.3) is 5.91 Å². The smallest absolute Gasteiger partial charge is 0.282 e. The summed E-state index contributed by atoms with van der Waals surface area (Å²) in [5.41, 5.74) is 0. The molecule has 0 bridgehead atoms. The summed E-state index contributed by atoms with van der Waals surface area (Å²) in [5, 5.41) is 14.8. The van der Waals surface area contributed by atoms with E-state index in [1.807, 2.05) is 0 Å². The van der Waals surface area contributed by atoms with Crippen molar-refractivity contribution in [2.24, 2.45) is 11.8 Å². The number of amides is 1. The Bertz CT molecular complexity index is 410. The average Bonchev–Trinajstić information content (AvgIpc) is 2.75. The van der Waals surface area contributed by atoms with E-state index in [0.717, 1.165) is 12.8 Å². The minimum absolute atomic E-state index is 0.0969. The van der Waals surface area contributed by atoms with Crippen LogP contribution in [-0.4, -0.2) is 29.2 Å². The highest BCUT2D eigenvalue weighted by Gasteiger charge is 2.26. The van der Waals surface area contributed by atoms with Crippen LogP contribution in [-0.2, 0) is 0 Å². The predicted molar refractivity (Wildman–Crippen MR) is 72.9 cm³/mol. The molecule has 0 radical (unpaired) electrons. The fourth-order valence-electron chi connectivity index (χ4n) is 2.73. The van der Waals surface area contributed by atoms with Crippen LogP contribution in [0.5, 0.6) is 0 Å². The molecule has 2 rings (SSSR count). The highest BCUT2D eigenvalue weighted by Crippen LogP contribution is 2.28. The summed E-state index contributed by atoms with van der Waals surface area (Å²) in [7, 11) is 1.77. The van der Waals surface area contributed by atoms with Gasteiger partial charge in [0.1, 0.15) is 0 Å². The molecule has 1 saturated carbocycles. The predicted octanol–water partition coefficient (Wildman–Crippen LogP) is 2.13. The molecular formula is C12H20N4OS. The number of hydrogen-bond acceptors (Lipinski definition) is 5. The Morgan fingerprint density at radius 1 is 1.22 bits per heavy atom. The number of aromatic nitrogens is 2. The number of anilines is 1. The lowest BCUT2D eigenvalue weighted by Gasteiger charge is -2.31. The Hall–Kier alpha value is -1.17. The third kappa shape index (κ3) is 3.19. The molecule has 5 nitrogen and oxygen atoms in total. The zero-order valence-electron chi connectivity index (χ0n) is 11.1. The van der Waals surface area contributed by atoms with E-state index in [2.05, 4.69) is 34.7 Å². The SMILES string of the molecule is CNc1nnc(C(=O)NC2CC(C)CC(C)C2)s1. The van der Waals surface area contributed by atoms with E-state index in [9.17, 15) is 4.79 Å². The fraction of sp³-hybridized carbons (Fsp3) is 0.750. The fourth-order valence-corrected chi connectivity index (χ4v) is 3.33. The summed E-state index contributed by atoms with van der Waals surface area (Å²) in [4.78, 5) is 12.0. The van der Waals surface area contributed by atoms with Gasteiger partial charge in [-0.25, -0.2) is 0 Å². The van der Waals surface area contributed by atoms with Gasteiger partial charge in [0.15, 0.2) is 0 Å². The van der Waals surface area contributed by atoms with E-state index in [1.165, 1.54) is 17.8 Å².